The summed E-state index contributed by atoms with van der Waals surface area (Å²) >= 11 is 0. The van der Waals surface area contributed by atoms with Crippen molar-refractivity contribution in [2.24, 2.45) is 0 Å². The summed E-state index contributed by atoms with van der Waals surface area (Å²) in [4.78, 5) is 24.2. The van der Waals surface area contributed by atoms with Gasteiger partial charge in [0.15, 0.2) is 0 Å². The third-order valence-corrected chi connectivity index (χ3v) is 7.51. The molecule has 0 fully saturated rings. The van der Waals surface area contributed by atoms with Gasteiger partial charge in [0.25, 0.3) is 0 Å². The number of nitrogens with zero attached hydrogens (tertiary/aromatic N) is 2. The zero-order valence-corrected chi connectivity index (χ0v) is 49.1. The van der Waals surface area contributed by atoms with Crippen molar-refractivity contribution in [3.63, 3.8) is 0 Å². The number of anilines is 2. The van der Waals surface area contributed by atoms with Crippen LogP contribution in [0.15, 0.2) is 130 Å². The van der Waals surface area contributed by atoms with E-state index in [9.17, 15) is 9.59 Å². The van der Waals surface area contributed by atoms with Crippen LogP contribution in [0, 0.1) is 42.9 Å². The second-order valence-electron chi connectivity index (χ2n) is 14.5. The minimum absolute atomic E-state index is 0. The van der Waals surface area contributed by atoms with Crippen molar-refractivity contribution in [2.75, 3.05) is 10.6 Å². The van der Waals surface area contributed by atoms with E-state index in [-0.39, 0.29) is 68.2 Å². The zero-order valence-electron chi connectivity index (χ0n) is 46.2. The number of carbonyl (C=O) groups is 2. The Hall–Kier alpha value is -5.80. The first-order valence-corrected chi connectivity index (χ1v) is 24.2. The number of hydrogen-bond acceptors (Lipinski definition) is 6. The molecule has 70 heavy (non-hydrogen) atoms. The molecule has 2 N–H and O–H groups in total. The van der Waals surface area contributed by atoms with Crippen LogP contribution in [0.5, 0.6) is 0 Å². The van der Waals surface area contributed by atoms with Gasteiger partial charge in [-0.1, -0.05) is 171 Å². The summed E-state index contributed by atoms with van der Waals surface area (Å²) in [6.07, 6.45) is 10.9. The Bertz CT molecular complexity index is 2230. The number of amides is 2. The SMILES string of the molecule is CC.CC.CC.CC.CC.CC.CC#Cc1ccc(NC(=O)Cc2cc(C(C)(C)C)on2)cc1.CC(C)(C)c1cc(CC(=O)Nc2ccc(C#Cc3ccccc3)cc2)no1.[CH-]=CC=[C-]C=CC=[CH-].[Y+3]. The Balaban J connectivity index is -0.000000294. The first-order chi connectivity index (χ1) is 33.2. The van der Waals surface area contributed by atoms with Gasteiger partial charge in [-0.05, 0) is 67.6 Å². The van der Waals surface area contributed by atoms with Gasteiger partial charge in [-0.3, -0.25) is 22.2 Å². The second kappa shape index (κ2) is 46.9. The summed E-state index contributed by atoms with van der Waals surface area (Å²) in [5.74, 6) is 13.3. The fourth-order valence-corrected chi connectivity index (χ4v) is 4.54. The molecule has 0 aliphatic heterocycles. The number of allylic oxidation sites excluding steroid dienone is 6. The first kappa shape index (κ1) is 73.2. The van der Waals surface area contributed by atoms with Crippen molar-refractivity contribution in [3.8, 4) is 23.7 Å². The minimum Gasteiger partial charge on any atom is -0.361 e. The largest absolute Gasteiger partial charge is 3.00 e. The molecule has 0 atom stereocenters. The maximum absolute atomic E-state index is 12.2. The number of hydrogen-bond donors (Lipinski definition) is 2. The minimum atomic E-state index is -0.133. The standard InChI is InChI=1S/C23H22N2O2.C18H20N2O2.C8H7.6C2H6.Y/c1-23(2,3)21-15-20(25-27-21)16-22(26)24-19-13-11-18(12-14-19)10-9-17-7-5-4-6-8-17;1-5-6-13-7-9-14(10-8-13)19-17(21)12-15-11-16(22-20-15)18(2,3)4;1-3-5-7-8-6-4-2;6*1-2;/h4-8,11-15H,16H2,1-3H3,(H,24,26);7-11H,12H2,1-4H3,(H,19,21);1-7H;6*1-2H3;/q;;-3;;;;;;;+3. The molecular formula is C61H85N4O4Y. The van der Waals surface area contributed by atoms with Gasteiger partial charge in [0.05, 0.1) is 24.2 Å². The van der Waals surface area contributed by atoms with E-state index in [1.807, 2.05) is 216 Å². The molecule has 0 aliphatic carbocycles. The van der Waals surface area contributed by atoms with Crippen molar-refractivity contribution >= 4 is 23.2 Å². The van der Waals surface area contributed by atoms with Crippen LogP contribution < -0.4 is 10.6 Å². The number of rotatable bonds is 9. The van der Waals surface area contributed by atoms with Crippen molar-refractivity contribution < 1.29 is 51.3 Å². The predicted octanol–water partition coefficient (Wildman–Crippen LogP) is 16.1. The predicted molar refractivity (Wildman–Crippen MR) is 296 cm³/mol. The Labute approximate surface area is 451 Å². The van der Waals surface area contributed by atoms with Gasteiger partial charge in [0, 0.05) is 51.0 Å². The van der Waals surface area contributed by atoms with E-state index >= 15 is 0 Å². The average Bonchev–Trinajstić information content (AvgIpc) is 4.06. The molecule has 9 heteroatoms. The molecule has 0 aliphatic rings. The molecule has 2 aromatic heterocycles. The molecule has 0 saturated heterocycles. The number of aromatic nitrogens is 2. The molecule has 5 aromatic rings. The van der Waals surface area contributed by atoms with Crippen LogP contribution in [0.1, 0.15) is 171 Å². The Morgan fingerprint density at radius 3 is 1.24 bits per heavy atom. The van der Waals surface area contributed by atoms with E-state index in [1.165, 1.54) is 12.2 Å². The molecule has 2 amide bonds. The fraction of sp³-hybridized carbons (Fsp3) is 0.377. The monoisotopic (exact) mass is 1030 g/mol. The Morgan fingerprint density at radius 1 is 0.571 bits per heavy atom. The van der Waals surface area contributed by atoms with E-state index in [1.54, 1.807) is 25.2 Å². The van der Waals surface area contributed by atoms with Gasteiger partial charge in [-0.25, -0.2) is 18.2 Å². The third-order valence-electron chi connectivity index (χ3n) is 7.51. The van der Waals surface area contributed by atoms with Crippen molar-refractivity contribution in [3.05, 3.63) is 180 Å². The van der Waals surface area contributed by atoms with Crippen molar-refractivity contribution in [1.82, 2.24) is 10.3 Å². The summed E-state index contributed by atoms with van der Waals surface area (Å²) in [7, 11) is 0. The summed E-state index contributed by atoms with van der Waals surface area (Å²) in [5, 5.41) is 13.6. The van der Waals surface area contributed by atoms with Crippen LogP contribution >= 0.6 is 0 Å². The number of benzene rings is 3. The normalized spacial score (nSPS) is 9.24. The van der Waals surface area contributed by atoms with E-state index in [2.05, 4.69) is 50.7 Å². The van der Waals surface area contributed by atoms with Gasteiger partial charge in [0.1, 0.15) is 11.5 Å². The van der Waals surface area contributed by atoms with Gasteiger partial charge in [-0.15, -0.1) is 5.92 Å². The summed E-state index contributed by atoms with van der Waals surface area (Å²) in [5.41, 5.74) is 5.28. The smallest absolute Gasteiger partial charge is 0.361 e. The fourth-order valence-electron chi connectivity index (χ4n) is 4.54. The van der Waals surface area contributed by atoms with Crippen molar-refractivity contribution in [2.45, 2.75) is 155 Å². The number of nitrogens with one attached hydrogen (secondary N) is 2. The van der Waals surface area contributed by atoms with E-state index in [0.29, 0.717) is 11.4 Å². The Morgan fingerprint density at radius 2 is 0.929 bits per heavy atom. The van der Waals surface area contributed by atoms with Gasteiger partial charge in [0.2, 0.25) is 11.8 Å². The molecular weight excluding hydrogens is 942 g/mol. The molecule has 0 radical (unpaired) electrons. The molecule has 0 bridgehead atoms. The van der Waals surface area contributed by atoms with Gasteiger partial charge in [-0.2, -0.15) is 0 Å². The molecule has 3 aromatic carbocycles. The van der Waals surface area contributed by atoms with Gasteiger partial charge < -0.3 is 38.4 Å². The summed E-state index contributed by atoms with van der Waals surface area (Å²) < 4.78 is 10.6. The molecule has 8 nitrogen and oxygen atoms in total. The molecule has 376 valence electrons. The molecule has 0 unspecified atom stereocenters. The average molecular weight is 1030 g/mol. The maximum atomic E-state index is 12.2. The molecule has 0 saturated carbocycles. The maximum Gasteiger partial charge on any atom is 3.00 e. The first-order valence-electron chi connectivity index (χ1n) is 24.2. The molecule has 0 spiro atoms. The van der Waals surface area contributed by atoms with Crippen LogP contribution in [0.25, 0.3) is 0 Å². The van der Waals surface area contributed by atoms with E-state index in [0.717, 1.165) is 39.6 Å². The summed E-state index contributed by atoms with van der Waals surface area (Å²) in [6, 6.07) is 28.4. The third kappa shape index (κ3) is 35.3. The zero-order chi connectivity index (χ0) is 53.7. The summed E-state index contributed by atoms with van der Waals surface area (Å²) in [6.45, 7) is 48.0. The quantitative estimate of drug-likeness (QED) is 0.0864. The van der Waals surface area contributed by atoms with Crippen molar-refractivity contribution in [1.29, 1.82) is 0 Å². The molecule has 2 heterocycles. The number of carbonyl (C=O) groups excluding carboxylic acids is 2. The van der Waals surface area contributed by atoms with Crippen LogP contribution in [0.4, 0.5) is 11.4 Å². The molecule has 5 rings (SSSR count). The van der Waals surface area contributed by atoms with Crippen LogP contribution in [0.2, 0.25) is 0 Å². The second-order valence-corrected chi connectivity index (χ2v) is 14.5. The van der Waals surface area contributed by atoms with Gasteiger partial charge >= 0.3 is 32.7 Å². The van der Waals surface area contributed by atoms with Crippen LogP contribution in [-0.4, -0.2) is 22.1 Å². The topological polar surface area (TPSA) is 110 Å². The van der Waals surface area contributed by atoms with E-state index in [4.69, 9.17) is 22.2 Å². The Kier molecular flexibility index (Phi) is 49.0. The van der Waals surface area contributed by atoms with Crippen LogP contribution in [-0.2, 0) is 66.0 Å². The van der Waals surface area contributed by atoms with Crippen LogP contribution in [0.3, 0.4) is 0 Å². The van der Waals surface area contributed by atoms with E-state index < -0.39 is 0 Å².